The molecular weight excluding hydrogens is 279 g/mol. The van der Waals surface area contributed by atoms with Gasteiger partial charge >= 0.3 is 6.18 Å². The third kappa shape index (κ3) is 6.09. The second-order valence-electron chi connectivity index (χ2n) is 4.66. The van der Waals surface area contributed by atoms with Gasteiger partial charge in [0, 0.05) is 13.0 Å². The molecule has 0 heterocycles. The number of hydrogen-bond acceptors (Lipinski definition) is 2. The third-order valence-corrected chi connectivity index (χ3v) is 2.83. The minimum atomic E-state index is -4.43. The van der Waals surface area contributed by atoms with Gasteiger partial charge in [0.05, 0.1) is 12.2 Å². The summed E-state index contributed by atoms with van der Waals surface area (Å²) in [6.07, 6.45) is 2.62. The number of nitrogens with one attached hydrogen (secondary N) is 1. The lowest BCUT2D eigenvalue weighted by atomic mass is 10.1. The molecule has 0 saturated heterocycles. The molecule has 0 amide bonds. The fraction of sp³-hybridized carbons (Fsp3) is 0.500. The highest BCUT2D eigenvalue weighted by Crippen LogP contribution is 2.36. The Bertz CT molecular complexity index is 477. The molecule has 0 spiro atoms. The van der Waals surface area contributed by atoms with Gasteiger partial charge in [0.25, 0.3) is 0 Å². The number of terminal acetylenes is 1. The van der Waals surface area contributed by atoms with E-state index in [0.717, 1.165) is 19.0 Å². The first kappa shape index (κ1) is 17.4. The van der Waals surface area contributed by atoms with Crippen LogP contribution in [0, 0.1) is 12.3 Å². The van der Waals surface area contributed by atoms with Crippen LogP contribution in [0.15, 0.2) is 18.2 Å². The molecule has 0 aliphatic carbocycles. The average Bonchev–Trinajstić information content (AvgIpc) is 2.44. The lowest BCUT2D eigenvalue weighted by Gasteiger charge is -2.15. The molecule has 0 fully saturated rings. The second-order valence-corrected chi connectivity index (χ2v) is 4.66. The molecule has 1 aromatic rings. The van der Waals surface area contributed by atoms with Crippen LogP contribution in [-0.4, -0.2) is 13.2 Å². The van der Waals surface area contributed by atoms with E-state index in [2.05, 4.69) is 11.2 Å². The molecule has 0 atom stereocenters. The van der Waals surface area contributed by atoms with E-state index in [-0.39, 0.29) is 12.4 Å². The van der Waals surface area contributed by atoms with E-state index in [1.165, 1.54) is 6.07 Å². The largest absolute Gasteiger partial charge is 0.493 e. The molecular formula is C16H20F3NO. The summed E-state index contributed by atoms with van der Waals surface area (Å²) in [5.74, 6) is 2.29. The van der Waals surface area contributed by atoms with Crippen molar-refractivity contribution in [2.45, 2.75) is 38.9 Å². The predicted molar refractivity (Wildman–Crippen MR) is 77.0 cm³/mol. The molecule has 1 rings (SSSR count). The molecule has 1 aromatic carbocycles. The van der Waals surface area contributed by atoms with E-state index in [0.29, 0.717) is 24.9 Å². The SMILES string of the molecule is C#CCCCOc1ccc(CNCCC)cc1C(F)(F)F. The molecule has 0 unspecified atom stereocenters. The van der Waals surface area contributed by atoms with Crippen LogP contribution in [0.1, 0.15) is 37.3 Å². The van der Waals surface area contributed by atoms with Crippen LogP contribution in [0.25, 0.3) is 0 Å². The Hall–Kier alpha value is -1.67. The molecule has 21 heavy (non-hydrogen) atoms. The van der Waals surface area contributed by atoms with Crippen molar-refractivity contribution in [1.29, 1.82) is 0 Å². The molecule has 5 heteroatoms. The zero-order chi connectivity index (χ0) is 15.7. The van der Waals surface area contributed by atoms with Crippen LogP contribution in [0.2, 0.25) is 0 Å². The first-order valence-corrected chi connectivity index (χ1v) is 6.96. The molecule has 2 nitrogen and oxygen atoms in total. The highest BCUT2D eigenvalue weighted by Gasteiger charge is 2.34. The van der Waals surface area contributed by atoms with E-state index in [1.54, 1.807) is 6.07 Å². The van der Waals surface area contributed by atoms with Gasteiger partial charge in [0.15, 0.2) is 0 Å². The van der Waals surface area contributed by atoms with Gasteiger partial charge in [-0.15, -0.1) is 12.3 Å². The minimum Gasteiger partial charge on any atom is -0.493 e. The fourth-order valence-electron chi connectivity index (χ4n) is 1.80. The maximum absolute atomic E-state index is 13.1. The topological polar surface area (TPSA) is 21.3 Å². The summed E-state index contributed by atoms with van der Waals surface area (Å²) < 4.78 is 44.4. The zero-order valence-electron chi connectivity index (χ0n) is 12.1. The summed E-state index contributed by atoms with van der Waals surface area (Å²) >= 11 is 0. The maximum Gasteiger partial charge on any atom is 0.419 e. The van der Waals surface area contributed by atoms with Gasteiger partial charge in [-0.1, -0.05) is 13.0 Å². The third-order valence-electron chi connectivity index (χ3n) is 2.83. The van der Waals surface area contributed by atoms with Crippen molar-refractivity contribution in [3.05, 3.63) is 29.3 Å². The summed E-state index contributed by atoms with van der Waals surface area (Å²) in [6.45, 7) is 3.36. The molecule has 116 valence electrons. The van der Waals surface area contributed by atoms with Crippen molar-refractivity contribution < 1.29 is 17.9 Å². The van der Waals surface area contributed by atoms with Crippen LogP contribution < -0.4 is 10.1 Å². The standard InChI is InChI=1S/C16H20F3NO/c1-3-5-6-10-21-15-8-7-13(12-20-9-4-2)11-14(15)16(17,18)19/h1,7-8,11,20H,4-6,9-10,12H2,2H3. The minimum absolute atomic E-state index is 0.140. The van der Waals surface area contributed by atoms with E-state index < -0.39 is 11.7 Å². The van der Waals surface area contributed by atoms with Crippen LogP contribution >= 0.6 is 0 Å². The summed E-state index contributed by atoms with van der Waals surface area (Å²) in [4.78, 5) is 0. The summed E-state index contributed by atoms with van der Waals surface area (Å²) in [5.41, 5.74) is -0.147. The monoisotopic (exact) mass is 299 g/mol. The molecule has 0 bridgehead atoms. The maximum atomic E-state index is 13.1. The molecule has 0 aliphatic rings. The highest BCUT2D eigenvalue weighted by molar-refractivity contribution is 5.39. The van der Waals surface area contributed by atoms with Gasteiger partial charge in [0.1, 0.15) is 5.75 Å². The second kappa shape index (κ2) is 8.58. The Labute approximate surface area is 123 Å². The van der Waals surface area contributed by atoms with Gasteiger partial charge in [-0.3, -0.25) is 0 Å². The number of ether oxygens (including phenoxy) is 1. The van der Waals surface area contributed by atoms with Crippen molar-refractivity contribution in [3.63, 3.8) is 0 Å². The zero-order valence-corrected chi connectivity index (χ0v) is 12.1. The van der Waals surface area contributed by atoms with Crippen LogP contribution in [0.3, 0.4) is 0 Å². The number of unbranched alkanes of at least 4 members (excludes halogenated alkanes) is 1. The van der Waals surface area contributed by atoms with Gasteiger partial charge in [-0.25, -0.2) is 0 Å². The van der Waals surface area contributed by atoms with Crippen molar-refractivity contribution in [1.82, 2.24) is 5.32 Å². The summed E-state index contributed by atoms with van der Waals surface area (Å²) in [7, 11) is 0. The Morgan fingerprint density at radius 1 is 1.33 bits per heavy atom. The predicted octanol–water partition coefficient (Wildman–Crippen LogP) is 4.00. The number of halogens is 3. The van der Waals surface area contributed by atoms with Crippen LogP contribution in [-0.2, 0) is 12.7 Å². The first-order valence-electron chi connectivity index (χ1n) is 6.96. The molecule has 0 aromatic heterocycles. The fourth-order valence-corrected chi connectivity index (χ4v) is 1.80. The van der Waals surface area contributed by atoms with Gasteiger partial charge < -0.3 is 10.1 Å². The van der Waals surface area contributed by atoms with Gasteiger partial charge in [-0.2, -0.15) is 13.2 Å². The number of rotatable bonds is 8. The van der Waals surface area contributed by atoms with E-state index in [9.17, 15) is 13.2 Å². The lowest BCUT2D eigenvalue weighted by Crippen LogP contribution is -2.15. The Morgan fingerprint density at radius 3 is 2.71 bits per heavy atom. The summed E-state index contributed by atoms with van der Waals surface area (Å²) in [5, 5.41) is 3.08. The Balaban J connectivity index is 2.80. The van der Waals surface area contributed by atoms with Crippen LogP contribution in [0.4, 0.5) is 13.2 Å². The number of alkyl halides is 3. The van der Waals surface area contributed by atoms with Crippen molar-refractivity contribution in [2.24, 2.45) is 0 Å². The van der Waals surface area contributed by atoms with Crippen molar-refractivity contribution in [2.75, 3.05) is 13.2 Å². The highest BCUT2D eigenvalue weighted by atomic mass is 19.4. The first-order chi connectivity index (χ1) is 9.99. The van der Waals surface area contributed by atoms with E-state index in [4.69, 9.17) is 11.2 Å². The van der Waals surface area contributed by atoms with Crippen molar-refractivity contribution in [3.8, 4) is 18.1 Å². The summed E-state index contributed by atoms with van der Waals surface area (Å²) in [6, 6.07) is 4.16. The molecule has 0 aliphatic heterocycles. The molecule has 0 radical (unpaired) electrons. The Morgan fingerprint density at radius 2 is 2.10 bits per heavy atom. The van der Waals surface area contributed by atoms with Crippen LogP contribution in [0.5, 0.6) is 5.75 Å². The van der Waals surface area contributed by atoms with E-state index >= 15 is 0 Å². The number of hydrogen-bond donors (Lipinski definition) is 1. The van der Waals surface area contributed by atoms with Gasteiger partial charge in [0.2, 0.25) is 0 Å². The Kier molecular flexibility index (Phi) is 7.10. The lowest BCUT2D eigenvalue weighted by molar-refractivity contribution is -0.139. The van der Waals surface area contributed by atoms with E-state index in [1.807, 2.05) is 6.92 Å². The van der Waals surface area contributed by atoms with Crippen molar-refractivity contribution >= 4 is 0 Å². The van der Waals surface area contributed by atoms with Gasteiger partial charge in [-0.05, 0) is 37.1 Å². The molecule has 0 saturated carbocycles. The number of benzene rings is 1. The average molecular weight is 299 g/mol. The quantitative estimate of drug-likeness (QED) is 0.579. The smallest absolute Gasteiger partial charge is 0.419 e. The molecule has 1 N–H and O–H groups in total. The normalized spacial score (nSPS) is 11.2.